The van der Waals surface area contributed by atoms with Gasteiger partial charge in [-0.25, -0.2) is 8.42 Å². The Kier molecular flexibility index (Phi) is 10.0. The van der Waals surface area contributed by atoms with Gasteiger partial charge in [0.05, 0.1) is 23.2 Å². The van der Waals surface area contributed by atoms with Gasteiger partial charge in [0.15, 0.2) is 0 Å². The van der Waals surface area contributed by atoms with Crippen LogP contribution in [0.3, 0.4) is 0 Å². The van der Waals surface area contributed by atoms with E-state index in [0.29, 0.717) is 11.3 Å². The number of nitrogens with one attached hydrogen (secondary N) is 2. The second-order valence-corrected chi connectivity index (χ2v) is 10.5. The number of piperazine rings is 1. The standard InChI is InChI=1S/C24H35N5O3S.ClH/c1-19-10-11-21(20(18-19)24(30)27(2)3)25-12-7-13-28-14-16-29(17-15-28)23-9-6-5-8-22(23)26-33(4,31)32;/h5-6,8-11,18,25-26H,7,12-17H2,1-4H3;1H. The third kappa shape index (κ3) is 7.78. The molecule has 0 aliphatic carbocycles. The summed E-state index contributed by atoms with van der Waals surface area (Å²) in [5.41, 5.74) is 4.19. The Morgan fingerprint density at radius 3 is 2.35 bits per heavy atom. The van der Waals surface area contributed by atoms with Crippen LogP contribution in [-0.2, 0) is 10.0 Å². The van der Waals surface area contributed by atoms with Crippen LogP contribution >= 0.6 is 12.4 Å². The molecule has 2 aromatic carbocycles. The van der Waals surface area contributed by atoms with E-state index in [-0.39, 0.29) is 18.3 Å². The molecule has 0 unspecified atom stereocenters. The van der Waals surface area contributed by atoms with E-state index in [1.807, 2.05) is 43.3 Å². The van der Waals surface area contributed by atoms with Crippen molar-refractivity contribution in [3.63, 3.8) is 0 Å². The van der Waals surface area contributed by atoms with Crippen molar-refractivity contribution in [3.05, 3.63) is 53.6 Å². The predicted octanol–water partition coefficient (Wildman–Crippen LogP) is 3.11. The number of sulfonamides is 1. The van der Waals surface area contributed by atoms with Crippen molar-refractivity contribution in [2.75, 3.05) is 74.6 Å². The molecule has 1 amide bonds. The predicted molar refractivity (Wildman–Crippen MR) is 143 cm³/mol. The Bertz CT molecular complexity index is 1070. The van der Waals surface area contributed by atoms with Crippen LogP contribution in [0.5, 0.6) is 0 Å². The van der Waals surface area contributed by atoms with Crippen molar-refractivity contribution in [3.8, 4) is 0 Å². The molecule has 188 valence electrons. The number of carbonyl (C=O) groups excluding carboxylic acids is 1. The largest absolute Gasteiger partial charge is 0.384 e. The van der Waals surface area contributed by atoms with Crippen molar-refractivity contribution >= 4 is 45.4 Å². The zero-order valence-corrected chi connectivity index (χ0v) is 22.0. The van der Waals surface area contributed by atoms with Crippen molar-refractivity contribution < 1.29 is 13.2 Å². The number of hydrogen-bond donors (Lipinski definition) is 2. The van der Waals surface area contributed by atoms with Gasteiger partial charge in [0.25, 0.3) is 5.91 Å². The lowest BCUT2D eigenvalue weighted by Gasteiger charge is -2.37. The molecular weight excluding hydrogens is 474 g/mol. The number of carbonyl (C=O) groups is 1. The summed E-state index contributed by atoms with van der Waals surface area (Å²) < 4.78 is 26.0. The van der Waals surface area contributed by atoms with Gasteiger partial charge < -0.3 is 15.1 Å². The van der Waals surface area contributed by atoms with Crippen molar-refractivity contribution in [1.29, 1.82) is 0 Å². The first-order valence-corrected chi connectivity index (χ1v) is 13.1. The molecule has 1 saturated heterocycles. The average molecular weight is 510 g/mol. The summed E-state index contributed by atoms with van der Waals surface area (Å²) in [6.45, 7) is 7.27. The maximum atomic E-state index is 12.5. The fourth-order valence-electron chi connectivity index (χ4n) is 4.00. The molecule has 1 aliphatic rings. The minimum Gasteiger partial charge on any atom is -0.384 e. The lowest BCUT2D eigenvalue weighted by molar-refractivity contribution is 0.0828. The smallest absolute Gasteiger partial charge is 0.255 e. The Hall–Kier alpha value is -2.49. The highest BCUT2D eigenvalue weighted by atomic mass is 35.5. The fourth-order valence-corrected chi connectivity index (χ4v) is 4.58. The molecule has 0 spiro atoms. The summed E-state index contributed by atoms with van der Waals surface area (Å²) in [5, 5.41) is 3.43. The van der Waals surface area contributed by atoms with Crippen molar-refractivity contribution in [2.24, 2.45) is 0 Å². The number of halogens is 1. The number of aryl methyl sites for hydroxylation is 1. The van der Waals surface area contributed by atoms with Crippen LogP contribution in [0.2, 0.25) is 0 Å². The minimum atomic E-state index is -3.32. The van der Waals surface area contributed by atoms with Gasteiger partial charge in [0.2, 0.25) is 10.0 Å². The molecule has 1 heterocycles. The van der Waals surface area contributed by atoms with Gasteiger partial charge in [-0.05, 0) is 44.2 Å². The number of nitrogens with zero attached hydrogens (tertiary/aromatic N) is 3. The molecular formula is C24H36ClN5O3S. The first-order chi connectivity index (χ1) is 15.6. The molecule has 2 N–H and O–H groups in total. The van der Waals surface area contributed by atoms with Crippen molar-refractivity contribution in [2.45, 2.75) is 13.3 Å². The van der Waals surface area contributed by atoms with Crippen LogP contribution in [0, 0.1) is 6.92 Å². The van der Waals surface area contributed by atoms with Crippen LogP contribution in [0.4, 0.5) is 17.1 Å². The molecule has 0 radical (unpaired) electrons. The lowest BCUT2D eigenvalue weighted by atomic mass is 10.1. The number of rotatable bonds is 9. The zero-order valence-electron chi connectivity index (χ0n) is 20.4. The number of hydrogen-bond acceptors (Lipinski definition) is 6. The van der Waals surface area contributed by atoms with Crippen LogP contribution in [0.1, 0.15) is 22.3 Å². The quantitative estimate of drug-likeness (QED) is 0.505. The molecule has 34 heavy (non-hydrogen) atoms. The van der Waals surface area contributed by atoms with Gasteiger partial charge in [0, 0.05) is 52.5 Å². The Morgan fingerprint density at radius 2 is 1.71 bits per heavy atom. The normalized spacial score (nSPS) is 14.3. The van der Waals surface area contributed by atoms with Crippen LogP contribution in [0.15, 0.2) is 42.5 Å². The summed E-state index contributed by atoms with van der Waals surface area (Å²) in [7, 11) is 0.215. The SMILES string of the molecule is Cc1ccc(NCCCN2CCN(c3ccccc3NS(C)(=O)=O)CC2)c(C(=O)N(C)C)c1.Cl. The monoisotopic (exact) mass is 509 g/mol. The summed E-state index contributed by atoms with van der Waals surface area (Å²) in [6.07, 6.45) is 2.14. The molecule has 0 aromatic heterocycles. The average Bonchev–Trinajstić information content (AvgIpc) is 2.76. The summed E-state index contributed by atoms with van der Waals surface area (Å²) >= 11 is 0. The summed E-state index contributed by atoms with van der Waals surface area (Å²) in [4.78, 5) is 18.7. The zero-order chi connectivity index (χ0) is 24.0. The Balaban J connectivity index is 0.00000408. The van der Waals surface area contributed by atoms with Crippen LogP contribution < -0.4 is 14.9 Å². The third-order valence-electron chi connectivity index (χ3n) is 5.69. The fraction of sp³-hybridized carbons (Fsp3) is 0.458. The maximum Gasteiger partial charge on any atom is 0.255 e. The molecule has 3 rings (SSSR count). The minimum absolute atomic E-state index is 0. The van der Waals surface area contributed by atoms with Gasteiger partial charge in [-0.2, -0.15) is 0 Å². The van der Waals surface area contributed by atoms with Crippen molar-refractivity contribution in [1.82, 2.24) is 9.80 Å². The number of benzene rings is 2. The number of amides is 1. The Labute approximate surface area is 209 Å². The molecule has 10 heteroatoms. The first kappa shape index (κ1) is 27.8. The lowest BCUT2D eigenvalue weighted by Crippen LogP contribution is -2.47. The van der Waals surface area contributed by atoms with Crippen LogP contribution in [-0.4, -0.2) is 83.7 Å². The third-order valence-corrected chi connectivity index (χ3v) is 6.28. The summed E-state index contributed by atoms with van der Waals surface area (Å²) in [6, 6.07) is 13.5. The van der Waals surface area contributed by atoms with E-state index in [4.69, 9.17) is 0 Å². The van der Waals surface area contributed by atoms with E-state index in [0.717, 1.165) is 62.6 Å². The van der Waals surface area contributed by atoms with E-state index in [2.05, 4.69) is 19.8 Å². The molecule has 0 atom stereocenters. The second kappa shape index (κ2) is 12.3. The first-order valence-electron chi connectivity index (χ1n) is 11.2. The maximum absolute atomic E-state index is 12.5. The summed E-state index contributed by atoms with van der Waals surface area (Å²) in [5.74, 6) is 0.00275. The number of para-hydroxylation sites is 2. The van der Waals surface area contributed by atoms with Gasteiger partial charge in [-0.15, -0.1) is 12.4 Å². The van der Waals surface area contributed by atoms with E-state index in [9.17, 15) is 13.2 Å². The van der Waals surface area contributed by atoms with E-state index >= 15 is 0 Å². The molecule has 1 fully saturated rings. The van der Waals surface area contributed by atoms with E-state index in [1.54, 1.807) is 25.1 Å². The van der Waals surface area contributed by atoms with Gasteiger partial charge in [-0.1, -0.05) is 23.8 Å². The molecule has 1 aliphatic heterocycles. The highest BCUT2D eigenvalue weighted by Gasteiger charge is 2.20. The van der Waals surface area contributed by atoms with Crippen LogP contribution in [0.25, 0.3) is 0 Å². The molecule has 2 aromatic rings. The van der Waals surface area contributed by atoms with E-state index in [1.165, 1.54) is 6.26 Å². The highest BCUT2D eigenvalue weighted by molar-refractivity contribution is 7.92. The Morgan fingerprint density at radius 1 is 1.03 bits per heavy atom. The highest BCUT2D eigenvalue weighted by Crippen LogP contribution is 2.27. The molecule has 0 saturated carbocycles. The van der Waals surface area contributed by atoms with Gasteiger partial charge in [0.1, 0.15) is 0 Å². The second-order valence-electron chi connectivity index (χ2n) is 8.75. The van der Waals surface area contributed by atoms with E-state index < -0.39 is 10.0 Å². The molecule has 0 bridgehead atoms. The topological polar surface area (TPSA) is 85.0 Å². The van der Waals surface area contributed by atoms with Gasteiger partial charge >= 0.3 is 0 Å². The van der Waals surface area contributed by atoms with Gasteiger partial charge in [-0.3, -0.25) is 14.4 Å². The molecule has 8 nitrogen and oxygen atoms in total. The number of anilines is 3.